The summed E-state index contributed by atoms with van der Waals surface area (Å²) in [5, 5.41) is 12.9. The van der Waals surface area contributed by atoms with Crippen molar-refractivity contribution in [3.63, 3.8) is 0 Å². The smallest absolute Gasteiger partial charge is 0.0608 e. The normalized spacial score (nSPS) is 11.5. The molecule has 0 amide bonds. The van der Waals surface area contributed by atoms with Gasteiger partial charge in [-0.15, -0.1) is 0 Å². The molecule has 2 heteroatoms. The van der Waals surface area contributed by atoms with Crippen LogP contribution < -0.4 is 5.32 Å². The molecule has 0 aliphatic heterocycles. The summed E-state index contributed by atoms with van der Waals surface area (Å²) < 4.78 is 0. The molecule has 0 fully saturated rings. The molecule has 0 unspecified atom stereocenters. The van der Waals surface area contributed by atoms with Gasteiger partial charge in [0, 0.05) is 12.2 Å². The lowest BCUT2D eigenvalue weighted by atomic mass is 10.1. The molecule has 0 aromatic heterocycles. The molecule has 0 atom stereocenters. The Bertz CT molecular complexity index is 298. The second-order valence-corrected chi connectivity index (χ2v) is 4.94. The first kappa shape index (κ1) is 13.0. The Morgan fingerprint density at radius 2 is 1.81 bits per heavy atom. The van der Waals surface area contributed by atoms with Gasteiger partial charge in [-0.3, -0.25) is 0 Å². The van der Waals surface area contributed by atoms with Crippen LogP contribution in [0.2, 0.25) is 0 Å². The molecule has 0 spiro atoms. The fraction of sp³-hybridized carbons (Fsp3) is 0.571. The lowest BCUT2D eigenvalue weighted by Gasteiger charge is -2.17. The third-order valence-corrected chi connectivity index (χ3v) is 2.56. The highest BCUT2D eigenvalue weighted by Crippen LogP contribution is 2.12. The van der Waals surface area contributed by atoms with E-state index in [0.29, 0.717) is 0 Å². The number of nitrogens with one attached hydrogen (secondary N) is 1. The number of anilines is 1. The van der Waals surface area contributed by atoms with E-state index in [-0.39, 0.29) is 0 Å². The third kappa shape index (κ3) is 5.17. The van der Waals surface area contributed by atoms with Crippen molar-refractivity contribution in [2.24, 2.45) is 0 Å². The zero-order valence-corrected chi connectivity index (χ0v) is 10.6. The Morgan fingerprint density at radius 3 is 2.31 bits per heavy atom. The van der Waals surface area contributed by atoms with Crippen LogP contribution in [0.4, 0.5) is 5.69 Å². The molecular weight excluding hydrogens is 198 g/mol. The largest absolute Gasteiger partial charge is 0.390 e. The zero-order valence-electron chi connectivity index (χ0n) is 10.6. The first-order chi connectivity index (χ1) is 7.51. The van der Waals surface area contributed by atoms with Crippen LogP contribution in [0.25, 0.3) is 0 Å². The van der Waals surface area contributed by atoms with Gasteiger partial charge in [-0.05, 0) is 44.4 Å². The van der Waals surface area contributed by atoms with Crippen LogP contribution in [-0.4, -0.2) is 17.3 Å². The minimum absolute atomic E-state index is 0.588. The van der Waals surface area contributed by atoms with Gasteiger partial charge in [-0.1, -0.05) is 25.5 Å². The molecule has 0 heterocycles. The molecule has 1 aromatic carbocycles. The van der Waals surface area contributed by atoms with Gasteiger partial charge in [0.2, 0.25) is 0 Å². The van der Waals surface area contributed by atoms with E-state index < -0.39 is 5.60 Å². The average molecular weight is 221 g/mol. The van der Waals surface area contributed by atoms with Gasteiger partial charge in [-0.2, -0.15) is 0 Å². The molecular formula is C14H23NO. The molecule has 0 radical (unpaired) electrons. The Morgan fingerprint density at radius 1 is 1.19 bits per heavy atom. The molecule has 1 aromatic rings. The van der Waals surface area contributed by atoms with E-state index in [2.05, 4.69) is 36.5 Å². The Hall–Kier alpha value is -1.02. The van der Waals surface area contributed by atoms with Crippen LogP contribution in [-0.2, 0) is 6.42 Å². The maximum Gasteiger partial charge on any atom is 0.0608 e. The lowest BCUT2D eigenvalue weighted by molar-refractivity contribution is 0.0749. The number of hydrogen-bond acceptors (Lipinski definition) is 2. The van der Waals surface area contributed by atoms with Crippen LogP contribution in [0.1, 0.15) is 39.2 Å². The quantitative estimate of drug-likeness (QED) is 0.773. The molecule has 16 heavy (non-hydrogen) atoms. The summed E-state index contributed by atoms with van der Waals surface area (Å²) in [5.41, 5.74) is 1.93. The average Bonchev–Trinajstić information content (AvgIpc) is 2.19. The molecule has 2 nitrogen and oxygen atoms in total. The van der Waals surface area contributed by atoms with Gasteiger partial charge >= 0.3 is 0 Å². The van der Waals surface area contributed by atoms with Gasteiger partial charge in [0.05, 0.1) is 5.60 Å². The summed E-state index contributed by atoms with van der Waals surface area (Å²) in [6, 6.07) is 8.54. The van der Waals surface area contributed by atoms with E-state index in [0.717, 1.165) is 25.1 Å². The van der Waals surface area contributed by atoms with Crippen molar-refractivity contribution >= 4 is 5.69 Å². The second-order valence-electron chi connectivity index (χ2n) is 4.94. The number of benzene rings is 1. The summed E-state index contributed by atoms with van der Waals surface area (Å²) in [6.45, 7) is 6.66. The monoisotopic (exact) mass is 221 g/mol. The fourth-order valence-electron chi connectivity index (χ4n) is 1.59. The topological polar surface area (TPSA) is 32.3 Å². The highest BCUT2D eigenvalue weighted by Gasteiger charge is 2.10. The van der Waals surface area contributed by atoms with Crippen LogP contribution >= 0.6 is 0 Å². The van der Waals surface area contributed by atoms with Gasteiger partial charge in [0.1, 0.15) is 0 Å². The fourth-order valence-corrected chi connectivity index (χ4v) is 1.59. The van der Waals surface area contributed by atoms with Crippen LogP contribution in [0.15, 0.2) is 24.3 Å². The van der Waals surface area contributed by atoms with Gasteiger partial charge in [0.25, 0.3) is 0 Å². The first-order valence-electron chi connectivity index (χ1n) is 6.06. The summed E-state index contributed by atoms with van der Waals surface area (Å²) in [5.74, 6) is 0. The number of aliphatic hydroxyl groups is 1. The maximum absolute atomic E-state index is 9.57. The van der Waals surface area contributed by atoms with Crippen molar-refractivity contribution in [3.05, 3.63) is 29.8 Å². The van der Waals surface area contributed by atoms with Gasteiger partial charge in [0.15, 0.2) is 0 Å². The minimum atomic E-state index is -0.588. The first-order valence-corrected chi connectivity index (χ1v) is 6.06. The highest BCUT2D eigenvalue weighted by atomic mass is 16.3. The van der Waals surface area contributed by atoms with Crippen molar-refractivity contribution < 1.29 is 5.11 Å². The van der Waals surface area contributed by atoms with E-state index in [1.807, 2.05) is 13.8 Å². The Kier molecular flexibility index (Phi) is 4.81. The number of hydrogen-bond donors (Lipinski definition) is 2. The molecule has 0 saturated carbocycles. The molecule has 0 aliphatic rings. The summed E-state index contributed by atoms with van der Waals surface area (Å²) in [7, 11) is 0. The van der Waals surface area contributed by atoms with Gasteiger partial charge < -0.3 is 10.4 Å². The van der Waals surface area contributed by atoms with Gasteiger partial charge in [-0.25, -0.2) is 0 Å². The van der Waals surface area contributed by atoms with Crippen molar-refractivity contribution in [1.29, 1.82) is 0 Å². The minimum Gasteiger partial charge on any atom is -0.390 e. The third-order valence-electron chi connectivity index (χ3n) is 2.56. The molecule has 0 bridgehead atoms. The molecule has 0 aliphatic carbocycles. The number of aryl methyl sites for hydroxylation is 1. The lowest BCUT2D eigenvalue weighted by Crippen LogP contribution is -2.22. The summed E-state index contributed by atoms with van der Waals surface area (Å²) >= 11 is 0. The van der Waals surface area contributed by atoms with E-state index in [9.17, 15) is 5.11 Å². The van der Waals surface area contributed by atoms with Crippen LogP contribution in [0.3, 0.4) is 0 Å². The molecule has 2 N–H and O–H groups in total. The number of rotatable bonds is 6. The zero-order chi connectivity index (χ0) is 12.0. The van der Waals surface area contributed by atoms with E-state index in [4.69, 9.17) is 0 Å². The van der Waals surface area contributed by atoms with Crippen LogP contribution in [0.5, 0.6) is 0 Å². The molecule has 90 valence electrons. The van der Waals surface area contributed by atoms with Crippen LogP contribution in [0, 0.1) is 0 Å². The Labute approximate surface area is 98.7 Å². The predicted molar refractivity (Wildman–Crippen MR) is 69.8 cm³/mol. The second kappa shape index (κ2) is 5.90. The summed E-state index contributed by atoms with van der Waals surface area (Å²) in [4.78, 5) is 0. The van der Waals surface area contributed by atoms with Crippen molar-refractivity contribution in [3.8, 4) is 0 Å². The van der Waals surface area contributed by atoms with E-state index >= 15 is 0 Å². The van der Waals surface area contributed by atoms with Crippen molar-refractivity contribution in [2.45, 2.75) is 45.6 Å². The van der Waals surface area contributed by atoms with E-state index in [1.165, 1.54) is 12.0 Å². The summed E-state index contributed by atoms with van der Waals surface area (Å²) in [6.07, 6.45) is 3.08. The SMILES string of the molecule is CCCc1ccc(NCCC(C)(C)O)cc1. The Balaban J connectivity index is 2.37. The molecule has 1 rings (SSSR count). The van der Waals surface area contributed by atoms with Crippen molar-refractivity contribution in [1.82, 2.24) is 0 Å². The molecule has 0 saturated heterocycles. The van der Waals surface area contributed by atoms with Crippen molar-refractivity contribution in [2.75, 3.05) is 11.9 Å². The standard InChI is InChI=1S/C14H23NO/c1-4-5-12-6-8-13(9-7-12)15-11-10-14(2,3)16/h6-9,15-16H,4-5,10-11H2,1-3H3. The maximum atomic E-state index is 9.57. The van der Waals surface area contributed by atoms with E-state index in [1.54, 1.807) is 0 Å². The highest BCUT2D eigenvalue weighted by molar-refractivity contribution is 5.44. The predicted octanol–water partition coefficient (Wildman–Crippen LogP) is 3.21.